The van der Waals surface area contributed by atoms with Crippen molar-refractivity contribution < 1.29 is 13.9 Å². The Morgan fingerprint density at radius 2 is 2.08 bits per heavy atom. The number of fused-ring (bicyclic) bond motifs is 1. The minimum atomic E-state index is -0.286. The first-order valence-electron chi connectivity index (χ1n) is 8.14. The van der Waals surface area contributed by atoms with Crippen molar-refractivity contribution in [3.05, 3.63) is 60.0 Å². The normalized spacial score (nSPS) is 12.2. The van der Waals surface area contributed by atoms with E-state index in [2.05, 4.69) is 10.3 Å². The van der Waals surface area contributed by atoms with Crippen molar-refractivity contribution in [2.45, 2.75) is 18.9 Å². The predicted octanol–water partition coefficient (Wildman–Crippen LogP) is 2.72. The molecule has 6 heteroatoms. The average molecular weight is 339 g/mol. The van der Waals surface area contributed by atoms with Crippen LogP contribution in [0.2, 0.25) is 0 Å². The molecule has 2 aromatic carbocycles. The number of amides is 1. The lowest BCUT2D eigenvalue weighted by Gasteiger charge is -2.12. The Morgan fingerprint density at radius 3 is 2.80 bits per heavy atom. The molecule has 1 aromatic heterocycles. The largest absolute Gasteiger partial charge is 0.440 e. The lowest BCUT2D eigenvalue weighted by molar-refractivity contribution is -0.118. The fourth-order valence-electron chi connectivity index (χ4n) is 2.58. The highest BCUT2D eigenvalue weighted by Gasteiger charge is 2.13. The smallest absolute Gasteiger partial charge is 0.227 e. The molecule has 6 nitrogen and oxygen atoms in total. The van der Waals surface area contributed by atoms with Crippen LogP contribution in [0.1, 0.15) is 17.9 Å². The van der Waals surface area contributed by atoms with Crippen molar-refractivity contribution in [3.63, 3.8) is 0 Å². The van der Waals surface area contributed by atoms with E-state index in [0.717, 1.165) is 11.1 Å². The summed E-state index contributed by atoms with van der Waals surface area (Å²) < 4.78 is 10.9. The highest BCUT2D eigenvalue weighted by molar-refractivity contribution is 5.93. The second kappa shape index (κ2) is 7.92. The van der Waals surface area contributed by atoms with E-state index in [1.165, 1.54) is 0 Å². The molecule has 3 aromatic rings. The molecule has 1 atom stereocenters. The molecule has 0 aliphatic carbocycles. The third kappa shape index (κ3) is 4.43. The van der Waals surface area contributed by atoms with Crippen molar-refractivity contribution in [1.82, 2.24) is 4.98 Å². The number of nitrogens with two attached hydrogens (primary N) is 1. The van der Waals surface area contributed by atoms with Gasteiger partial charge in [-0.3, -0.25) is 4.79 Å². The highest BCUT2D eigenvalue weighted by Crippen LogP contribution is 2.22. The van der Waals surface area contributed by atoms with Gasteiger partial charge in [0.1, 0.15) is 5.52 Å². The molecule has 0 bridgehead atoms. The van der Waals surface area contributed by atoms with Crippen LogP contribution in [-0.4, -0.2) is 30.6 Å². The number of ether oxygens (including phenoxy) is 1. The Labute approximate surface area is 146 Å². The maximum Gasteiger partial charge on any atom is 0.227 e. The lowest BCUT2D eigenvalue weighted by Crippen LogP contribution is -2.28. The summed E-state index contributed by atoms with van der Waals surface area (Å²) in [6.07, 6.45) is 0.552. The van der Waals surface area contributed by atoms with E-state index in [1.807, 2.05) is 36.4 Å². The summed E-state index contributed by atoms with van der Waals surface area (Å²) in [5.74, 6) is 0.493. The van der Waals surface area contributed by atoms with Crippen LogP contribution >= 0.6 is 0 Å². The summed E-state index contributed by atoms with van der Waals surface area (Å²) in [5.41, 5.74) is 8.74. The topological polar surface area (TPSA) is 90.4 Å². The summed E-state index contributed by atoms with van der Waals surface area (Å²) in [4.78, 5) is 16.5. The molecule has 0 saturated heterocycles. The van der Waals surface area contributed by atoms with Gasteiger partial charge in [0, 0.05) is 31.8 Å². The average Bonchev–Trinajstić information content (AvgIpc) is 3.02. The summed E-state index contributed by atoms with van der Waals surface area (Å²) in [5, 5.41) is 2.83. The van der Waals surface area contributed by atoms with Gasteiger partial charge < -0.3 is 20.2 Å². The minimum absolute atomic E-state index is 0.152. The van der Waals surface area contributed by atoms with Crippen LogP contribution in [0.3, 0.4) is 0 Å². The molecule has 0 aliphatic rings. The summed E-state index contributed by atoms with van der Waals surface area (Å²) >= 11 is 0. The van der Waals surface area contributed by atoms with Crippen LogP contribution in [0.5, 0.6) is 0 Å². The lowest BCUT2D eigenvalue weighted by atomic mass is 10.1. The summed E-state index contributed by atoms with van der Waals surface area (Å²) in [7, 11) is 1.54. The molecule has 25 heavy (non-hydrogen) atoms. The van der Waals surface area contributed by atoms with E-state index in [9.17, 15) is 4.79 Å². The fourth-order valence-corrected chi connectivity index (χ4v) is 2.58. The number of carbonyl (C=O) groups excluding carboxylic acids is 1. The van der Waals surface area contributed by atoms with Gasteiger partial charge >= 0.3 is 0 Å². The fraction of sp³-hybridized carbons (Fsp3) is 0.263. The minimum Gasteiger partial charge on any atom is -0.440 e. The Bertz CT molecular complexity index is 842. The van der Waals surface area contributed by atoms with Gasteiger partial charge in [0.2, 0.25) is 5.91 Å². The van der Waals surface area contributed by atoms with Crippen LogP contribution in [0.4, 0.5) is 5.69 Å². The molecule has 0 spiro atoms. The van der Waals surface area contributed by atoms with Gasteiger partial charge in [-0.05, 0) is 17.7 Å². The Kier molecular flexibility index (Phi) is 5.42. The zero-order valence-corrected chi connectivity index (χ0v) is 14.1. The SMILES string of the molecule is COC(CN)CC(=O)Nc1ccc2nc(Cc3ccccc3)oc2c1. The molecule has 0 fully saturated rings. The third-order valence-electron chi connectivity index (χ3n) is 3.92. The molecule has 1 heterocycles. The van der Waals surface area contributed by atoms with Crippen LogP contribution < -0.4 is 11.1 Å². The monoisotopic (exact) mass is 339 g/mol. The molecule has 1 unspecified atom stereocenters. The summed E-state index contributed by atoms with van der Waals surface area (Å²) in [6.45, 7) is 0.300. The van der Waals surface area contributed by atoms with Crippen LogP contribution in [0.15, 0.2) is 52.9 Å². The van der Waals surface area contributed by atoms with Crippen LogP contribution in [0.25, 0.3) is 11.1 Å². The van der Waals surface area contributed by atoms with E-state index in [-0.39, 0.29) is 18.4 Å². The molecule has 3 N–H and O–H groups in total. The van der Waals surface area contributed by atoms with Gasteiger partial charge in [0.25, 0.3) is 0 Å². The van der Waals surface area contributed by atoms with Crippen molar-refractivity contribution in [1.29, 1.82) is 0 Å². The number of oxazole rings is 1. The zero-order valence-electron chi connectivity index (χ0n) is 14.1. The first kappa shape index (κ1) is 17.1. The molecule has 3 rings (SSSR count). The Balaban J connectivity index is 1.71. The molecule has 1 amide bonds. The highest BCUT2D eigenvalue weighted by atomic mass is 16.5. The zero-order chi connectivity index (χ0) is 17.6. The van der Waals surface area contributed by atoms with Gasteiger partial charge in [-0.1, -0.05) is 30.3 Å². The van der Waals surface area contributed by atoms with Crippen LogP contribution in [-0.2, 0) is 16.0 Å². The van der Waals surface area contributed by atoms with E-state index < -0.39 is 0 Å². The predicted molar refractivity (Wildman–Crippen MR) is 96.4 cm³/mol. The first-order chi connectivity index (χ1) is 12.2. The second-order valence-electron chi connectivity index (χ2n) is 5.80. The molecule has 0 aliphatic heterocycles. The van der Waals surface area contributed by atoms with Gasteiger partial charge in [-0.2, -0.15) is 0 Å². The molecular formula is C19H21N3O3. The van der Waals surface area contributed by atoms with E-state index in [1.54, 1.807) is 19.2 Å². The third-order valence-corrected chi connectivity index (χ3v) is 3.92. The Morgan fingerprint density at radius 1 is 1.28 bits per heavy atom. The number of carbonyl (C=O) groups is 1. The van der Waals surface area contributed by atoms with Gasteiger partial charge in [0.15, 0.2) is 11.5 Å². The number of rotatable bonds is 7. The van der Waals surface area contributed by atoms with Crippen LogP contribution in [0, 0.1) is 0 Å². The van der Waals surface area contributed by atoms with E-state index >= 15 is 0 Å². The number of nitrogens with one attached hydrogen (secondary N) is 1. The molecular weight excluding hydrogens is 318 g/mol. The van der Waals surface area contributed by atoms with Gasteiger partial charge in [0.05, 0.1) is 12.5 Å². The quantitative estimate of drug-likeness (QED) is 0.691. The number of nitrogens with zero attached hydrogens (tertiary/aromatic N) is 1. The number of anilines is 1. The standard InChI is InChI=1S/C19H21N3O3/c1-24-15(12-20)11-18(23)21-14-7-8-16-17(10-14)25-19(22-16)9-13-5-3-2-4-6-13/h2-8,10,15H,9,11-12,20H2,1H3,(H,21,23). The number of hydrogen-bond acceptors (Lipinski definition) is 5. The summed E-state index contributed by atoms with van der Waals surface area (Å²) in [6, 6.07) is 15.4. The van der Waals surface area contributed by atoms with E-state index in [0.29, 0.717) is 30.1 Å². The number of benzene rings is 2. The first-order valence-corrected chi connectivity index (χ1v) is 8.14. The van der Waals surface area contributed by atoms with Crippen molar-refractivity contribution in [2.75, 3.05) is 19.0 Å². The van der Waals surface area contributed by atoms with E-state index in [4.69, 9.17) is 14.9 Å². The van der Waals surface area contributed by atoms with Gasteiger partial charge in [-0.15, -0.1) is 0 Å². The number of hydrogen-bond donors (Lipinski definition) is 2. The molecule has 0 radical (unpaired) electrons. The van der Waals surface area contributed by atoms with Gasteiger partial charge in [-0.25, -0.2) is 4.98 Å². The van der Waals surface area contributed by atoms with Crippen molar-refractivity contribution in [2.24, 2.45) is 5.73 Å². The molecule has 130 valence electrons. The number of methoxy groups -OCH3 is 1. The number of aromatic nitrogens is 1. The van der Waals surface area contributed by atoms with Crippen molar-refractivity contribution >= 4 is 22.7 Å². The maximum atomic E-state index is 12.0. The maximum absolute atomic E-state index is 12.0. The molecule has 0 saturated carbocycles. The Hall–Kier alpha value is -2.70. The van der Waals surface area contributed by atoms with Crippen molar-refractivity contribution in [3.8, 4) is 0 Å². The second-order valence-corrected chi connectivity index (χ2v) is 5.80.